The number of hydrogen-bond acceptors (Lipinski definition) is 5. The summed E-state index contributed by atoms with van der Waals surface area (Å²) in [5.74, 6) is 0. The molecular formula is C13H22N4O3S. The van der Waals surface area contributed by atoms with Gasteiger partial charge in [-0.15, -0.1) is 5.10 Å². The molecular weight excluding hydrogens is 292 g/mol. The molecule has 1 aromatic rings. The molecule has 1 N–H and O–H groups in total. The molecule has 3 rings (SSSR count). The molecule has 7 nitrogen and oxygen atoms in total. The van der Waals surface area contributed by atoms with Gasteiger partial charge in [-0.1, -0.05) is 5.21 Å². The van der Waals surface area contributed by atoms with E-state index in [1.54, 1.807) is 10.9 Å². The second kappa shape index (κ2) is 5.03. The number of β-amino-alcohol motifs (C(OH)–C–C–N with tert-alkyl or cyclic N) is 1. The van der Waals surface area contributed by atoms with Gasteiger partial charge < -0.3 is 5.11 Å². The summed E-state index contributed by atoms with van der Waals surface area (Å²) in [6.45, 7) is 4.53. The molecule has 1 saturated heterocycles. The molecule has 118 valence electrons. The van der Waals surface area contributed by atoms with Crippen molar-refractivity contribution in [2.45, 2.75) is 56.4 Å². The van der Waals surface area contributed by atoms with Gasteiger partial charge in [0.25, 0.3) is 0 Å². The van der Waals surface area contributed by atoms with E-state index in [1.807, 2.05) is 13.8 Å². The van der Waals surface area contributed by atoms with Crippen LogP contribution in [0.1, 0.15) is 51.3 Å². The normalized spacial score (nSPS) is 28.2. The van der Waals surface area contributed by atoms with Gasteiger partial charge in [-0.05, 0) is 39.5 Å². The number of sulfonamides is 1. The van der Waals surface area contributed by atoms with Crippen molar-refractivity contribution in [2.24, 2.45) is 0 Å². The zero-order valence-electron chi connectivity index (χ0n) is 12.4. The lowest BCUT2D eigenvalue weighted by Crippen LogP contribution is -2.49. The summed E-state index contributed by atoms with van der Waals surface area (Å²) in [5.41, 5.74) is -0.764. The lowest BCUT2D eigenvalue weighted by atomic mass is 9.91. The number of hydrogen-bond donors (Lipinski definition) is 1. The van der Waals surface area contributed by atoms with Crippen LogP contribution in [0.3, 0.4) is 0 Å². The Bertz CT molecular complexity index is 623. The fourth-order valence-corrected chi connectivity index (χ4v) is 4.67. The standard InChI is InChI=1S/C13H22N4O3S/c1-10(2)17-8-12(14-15-17)13(18)6-3-7-16(9-13)21(19,20)11-4-5-11/h8,10-11,18H,3-7,9H2,1-2H3/t13-/m0/s1. The minimum atomic E-state index is -3.26. The van der Waals surface area contributed by atoms with Crippen molar-refractivity contribution in [1.82, 2.24) is 19.3 Å². The molecule has 0 bridgehead atoms. The average Bonchev–Trinajstić information content (AvgIpc) is 3.16. The van der Waals surface area contributed by atoms with Crippen LogP contribution in [0, 0.1) is 0 Å². The van der Waals surface area contributed by atoms with E-state index >= 15 is 0 Å². The summed E-state index contributed by atoms with van der Waals surface area (Å²) in [6.07, 6.45) is 4.34. The maximum Gasteiger partial charge on any atom is 0.217 e. The molecule has 8 heteroatoms. The van der Waals surface area contributed by atoms with Gasteiger partial charge in [-0.25, -0.2) is 13.1 Å². The Morgan fingerprint density at radius 2 is 2.14 bits per heavy atom. The van der Waals surface area contributed by atoms with Gasteiger partial charge in [0.2, 0.25) is 10.0 Å². The molecule has 2 heterocycles. The Morgan fingerprint density at radius 3 is 2.71 bits per heavy atom. The number of rotatable bonds is 4. The van der Waals surface area contributed by atoms with Crippen LogP contribution < -0.4 is 0 Å². The Hall–Kier alpha value is -0.990. The maximum atomic E-state index is 12.4. The number of nitrogens with zero attached hydrogens (tertiary/aromatic N) is 4. The highest BCUT2D eigenvalue weighted by atomic mass is 32.2. The summed E-state index contributed by atoms with van der Waals surface area (Å²) in [4.78, 5) is 0. The van der Waals surface area contributed by atoms with E-state index in [-0.39, 0.29) is 17.8 Å². The van der Waals surface area contributed by atoms with Gasteiger partial charge in [0.05, 0.1) is 11.4 Å². The third-order valence-electron chi connectivity index (χ3n) is 4.26. The third-order valence-corrected chi connectivity index (χ3v) is 6.60. The fraction of sp³-hybridized carbons (Fsp3) is 0.846. The smallest absolute Gasteiger partial charge is 0.217 e. The second-order valence-electron chi connectivity index (χ2n) is 6.39. The molecule has 0 radical (unpaired) electrons. The van der Waals surface area contributed by atoms with Gasteiger partial charge >= 0.3 is 0 Å². The Morgan fingerprint density at radius 1 is 1.43 bits per heavy atom. The lowest BCUT2D eigenvalue weighted by Gasteiger charge is -2.37. The summed E-state index contributed by atoms with van der Waals surface area (Å²) < 4.78 is 27.8. The molecule has 2 aliphatic rings. The summed E-state index contributed by atoms with van der Waals surface area (Å²) >= 11 is 0. The fourth-order valence-electron chi connectivity index (χ4n) is 2.74. The van der Waals surface area contributed by atoms with Crippen molar-refractivity contribution in [3.63, 3.8) is 0 Å². The van der Waals surface area contributed by atoms with Crippen LogP contribution in [-0.4, -0.2) is 51.2 Å². The highest BCUT2D eigenvalue weighted by Crippen LogP contribution is 2.37. The quantitative estimate of drug-likeness (QED) is 0.881. The zero-order valence-corrected chi connectivity index (χ0v) is 13.3. The van der Waals surface area contributed by atoms with Crippen molar-refractivity contribution in [2.75, 3.05) is 13.1 Å². The third kappa shape index (κ3) is 2.72. The molecule has 1 aliphatic carbocycles. The predicted molar refractivity (Wildman–Crippen MR) is 77.1 cm³/mol. The molecule has 1 aromatic heterocycles. The molecule has 1 atom stereocenters. The van der Waals surface area contributed by atoms with Crippen LogP contribution in [0.15, 0.2) is 6.20 Å². The van der Waals surface area contributed by atoms with Crippen LogP contribution in [0.4, 0.5) is 0 Å². The average molecular weight is 314 g/mol. The maximum absolute atomic E-state index is 12.4. The van der Waals surface area contributed by atoms with E-state index in [1.165, 1.54) is 4.31 Å². The Kier molecular flexibility index (Phi) is 3.58. The predicted octanol–water partition coefficient (Wildman–Crippen LogP) is 0.635. The summed E-state index contributed by atoms with van der Waals surface area (Å²) in [6, 6.07) is 0.157. The van der Waals surface area contributed by atoms with Crippen LogP contribution in [0.2, 0.25) is 0 Å². The highest BCUT2D eigenvalue weighted by molar-refractivity contribution is 7.90. The first-order valence-corrected chi connectivity index (χ1v) is 8.97. The Balaban J connectivity index is 1.83. The Labute approximate surface area is 125 Å². The number of aromatic nitrogens is 3. The minimum Gasteiger partial charge on any atom is -0.382 e. The highest BCUT2D eigenvalue weighted by Gasteiger charge is 2.46. The van der Waals surface area contributed by atoms with Gasteiger partial charge in [0.15, 0.2) is 0 Å². The molecule has 0 spiro atoms. The minimum absolute atomic E-state index is 0.0859. The van der Waals surface area contributed by atoms with Crippen LogP contribution in [-0.2, 0) is 15.6 Å². The van der Waals surface area contributed by atoms with Crippen molar-refractivity contribution >= 4 is 10.0 Å². The van der Waals surface area contributed by atoms with Gasteiger partial charge in [0.1, 0.15) is 11.3 Å². The van der Waals surface area contributed by atoms with Crippen LogP contribution >= 0.6 is 0 Å². The SMILES string of the molecule is CC(C)n1cc([C@]2(O)CCCN(S(=O)(=O)C3CC3)C2)nn1. The molecule has 0 aromatic carbocycles. The molecule has 1 saturated carbocycles. The first-order valence-electron chi connectivity index (χ1n) is 7.46. The zero-order chi connectivity index (χ0) is 15.3. The number of aliphatic hydroxyl groups is 1. The molecule has 21 heavy (non-hydrogen) atoms. The first-order chi connectivity index (χ1) is 9.83. The molecule has 1 aliphatic heterocycles. The van der Waals surface area contributed by atoms with E-state index in [0.717, 1.165) is 12.8 Å². The van der Waals surface area contributed by atoms with Crippen molar-refractivity contribution in [3.05, 3.63) is 11.9 Å². The monoisotopic (exact) mass is 314 g/mol. The second-order valence-corrected chi connectivity index (χ2v) is 8.60. The van der Waals surface area contributed by atoms with Crippen molar-refractivity contribution in [3.8, 4) is 0 Å². The van der Waals surface area contributed by atoms with Gasteiger partial charge in [-0.2, -0.15) is 4.31 Å². The van der Waals surface area contributed by atoms with E-state index in [2.05, 4.69) is 10.3 Å². The molecule has 2 fully saturated rings. The summed E-state index contributed by atoms with van der Waals surface area (Å²) in [5, 5.41) is 18.7. The topological polar surface area (TPSA) is 88.3 Å². The van der Waals surface area contributed by atoms with Crippen LogP contribution in [0.25, 0.3) is 0 Å². The molecule has 0 amide bonds. The van der Waals surface area contributed by atoms with Crippen molar-refractivity contribution < 1.29 is 13.5 Å². The number of piperidine rings is 1. The van der Waals surface area contributed by atoms with E-state index in [9.17, 15) is 13.5 Å². The molecule has 0 unspecified atom stereocenters. The van der Waals surface area contributed by atoms with Crippen molar-refractivity contribution in [1.29, 1.82) is 0 Å². The van der Waals surface area contributed by atoms with E-state index < -0.39 is 15.6 Å². The largest absolute Gasteiger partial charge is 0.382 e. The summed E-state index contributed by atoms with van der Waals surface area (Å²) in [7, 11) is -3.26. The first kappa shape index (κ1) is 14.9. The van der Waals surface area contributed by atoms with Crippen LogP contribution in [0.5, 0.6) is 0 Å². The van der Waals surface area contributed by atoms with E-state index in [0.29, 0.717) is 25.1 Å². The van der Waals surface area contributed by atoms with Gasteiger partial charge in [0, 0.05) is 19.1 Å². The van der Waals surface area contributed by atoms with Gasteiger partial charge in [-0.3, -0.25) is 0 Å². The lowest BCUT2D eigenvalue weighted by molar-refractivity contribution is -0.0162. The van der Waals surface area contributed by atoms with E-state index in [4.69, 9.17) is 0 Å².